The maximum Gasteiger partial charge on any atom is 0.328 e. The second-order valence-corrected chi connectivity index (χ2v) is 7.27. The maximum absolute atomic E-state index is 14.2. The van der Waals surface area contributed by atoms with E-state index < -0.39 is 30.0 Å². The van der Waals surface area contributed by atoms with Gasteiger partial charge in [0.2, 0.25) is 5.96 Å². The average molecular weight is 408 g/mol. The third-order valence-corrected chi connectivity index (χ3v) is 5.56. The molecule has 2 atom stereocenters. The van der Waals surface area contributed by atoms with Crippen molar-refractivity contribution in [3.05, 3.63) is 46.5 Å². The Hall–Kier alpha value is -2.65. The van der Waals surface area contributed by atoms with Crippen LogP contribution in [0.4, 0.5) is 9.18 Å². The van der Waals surface area contributed by atoms with E-state index in [9.17, 15) is 19.1 Å². The molecule has 4 rings (SSSR count). The van der Waals surface area contributed by atoms with Crippen molar-refractivity contribution < 1.29 is 19.1 Å². The minimum Gasteiger partial charge on any atom is -0.395 e. The van der Waals surface area contributed by atoms with E-state index in [1.807, 2.05) is 6.92 Å². The summed E-state index contributed by atoms with van der Waals surface area (Å²) in [6, 6.07) is 2.91. The number of urea groups is 1. The largest absolute Gasteiger partial charge is 0.395 e. The van der Waals surface area contributed by atoms with Gasteiger partial charge in [-0.05, 0) is 19.1 Å². The molecule has 148 valence electrons. The minimum atomic E-state index is -0.748. The van der Waals surface area contributed by atoms with Crippen molar-refractivity contribution in [2.45, 2.75) is 25.7 Å². The van der Waals surface area contributed by atoms with Gasteiger partial charge in [-0.15, -0.1) is 0 Å². The Morgan fingerprint density at radius 3 is 2.71 bits per heavy atom. The van der Waals surface area contributed by atoms with Crippen LogP contribution in [0, 0.1) is 5.82 Å². The van der Waals surface area contributed by atoms with Gasteiger partial charge in [-0.2, -0.15) is 0 Å². The number of hydrogen-bond donors (Lipinski definition) is 1. The van der Waals surface area contributed by atoms with Crippen LogP contribution in [0.5, 0.6) is 0 Å². The SMILES string of the molecule is CC1=CN2C(=NC3C2C(=O)N(Cc2c(F)cccc2Cl)C(=O)N3C)N1CCO. The number of carbonyl (C=O) groups excluding carboxylic acids is 2. The zero-order valence-corrected chi connectivity index (χ0v) is 16.1. The number of nitrogens with zero attached hydrogens (tertiary/aromatic N) is 5. The molecule has 3 heterocycles. The molecular formula is C18H19ClFN5O3. The number of allylic oxidation sites excluding steroid dienone is 1. The first kappa shape index (κ1) is 18.7. The summed E-state index contributed by atoms with van der Waals surface area (Å²) in [7, 11) is 1.56. The van der Waals surface area contributed by atoms with E-state index >= 15 is 0 Å². The number of aliphatic imine (C=N–C) groups is 1. The van der Waals surface area contributed by atoms with Gasteiger partial charge in [0, 0.05) is 36.1 Å². The summed E-state index contributed by atoms with van der Waals surface area (Å²) in [4.78, 5) is 36.4. The van der Waals surface area contributed by atoms with E-state index in [0.717, 1.165) is 10.6 Å². The molecule has 8 nitrogen and oxygen atoms in total. The lowest BCUT2D eigenvalue weighted by molar-refractivity contribution is -0.137. The predicted octanol–water partition coefficient (Wildman–Crippen LogP) is 1.41. The average Bonchev–Trinajstić information content (AvgIpc) is 3.15. The number of imide groups is 1. The zero-order chi connectivity index (χ0) is 20.2. The number of rotatable bonds is 4. The molecule has 3 aliphatic heterocycles. The molecule has 2 unspecified atom stereocenters. The first-order valence-corrected chi connectivity index (χ1v) is 9.17. The number of hydrogen-bond acceptors (Lipinski definition) is 6. The van der Waals surface area contributed by atoms with Gasteiger partial charge in [0.15, 0.2) is 12.2 Å². The zero-order valence-electron chi connectivity index (χ0n) is 15.3. The van der Waals surface area contributed by atoms with Crippen LogP contribution in [0.2, 0.25) is 5.02 Å². The fourth-order valence-electron chi connectivity index (χ4n) is 3.77. The topological polar surface area (TPSA) is 79.7 Å². The lowest BCUT2D eigenvalue weighted by Gasteiger charge is -2.40. The number of carbonyl (C=O) groups is 2. The van der Waals surface area contributed by atoms with Gasteiger partial charge >= 0.3 is 6.03 Å². The number of aliphatic hydroxyl groups excluding tert-OH is 1. The normalized spacial score (nSPS) is 23.9. The summed E-state index contributed by atoms with van der Waals surface area (Å²) in [6.45, 7) is 1.85. The third-order valence-electron chi connectivity index (χ3n) is 5.20. The highest BCUT2D eigenvalue weighted by molar-refractivity contribution is 6.31. The molecule has 0 aromatic heterocycles. The number of amides is 3. The summed E-state index contributed by atoms with van der Waals surface area (Å²) in [5.74, 6) is -0.534. The summed E-state index contributed by atoms with van der Waals surface area (Å²) >= 11 is 6.08. The van der Waals surface area contributed by atoms with Crippen molar-refractivity contribution >= 4 is 29.5 Å². The minimum absolute atomic E-state index is 0.0754. The van der Waals surface area contributed by atoms with E-state index in [1.165, 1.54) is 23.1 Å². The Kier molecular flexibility index (Phi) is 4.51. The molecule has 0 spiro atoms. The Labute approximate surface area is 166 Å². The summed E-state index contributed by atoms with van der Waals surface area (Å²) in [5, 5.41) is 9.45. The van der Waals surface area contributed by atoms with Crippen LogP contribution in [0.25, 0.3) is 0 Å². The highest BCUT2D eigenvalue weighted by atomic mass is 35.5. The lowest BCUT2D eigenvalue weighted by Crippen LogP contribution is -2.64. The van der Waals surface area contributed by atoms with Crippen LogP contribution in [-0.4, -0.2) is 75.0 Å². The molecule has 3 amide bonds. The number of fused-ring (bicyclic) bond motifs is 3. The highest BCUT2D eigenvalue weighted by Crippen LogP contribution is 2.34. The summed E-state index contributed by atoms with van der Waals surface area (Å²) in [6.07, 6.45) is 1.09. The quantitative estimate of drug-likeness (QED) is 0.816. The molecular weight excluding hydrogens is 389 g/mol. The Bertz CT molecular complexity index is 900. The van der Waals surface area contributed by atoms with Gasteiger partial charge in [-0.1, -0.05) is 17.7 Å². The molecule has 28 heavy (non-hydrogen) atoms. The van der Waals surface area contributed by atoms with Crippen molar-refractivity contribution in [3.63, 3.8) is 0 Å². The number of β-amino-alcohol motifs (C(OH)–C–C–N with tert-alkyl or cyclic N) is 1. The molecule has 0 radical (unpaired) electrons. The second-order valence-electron chi connectivity index (χ2n) is 6.86. The Balaban J connectivity index is 1.67. The van der Waals surface area contributed by atoms with Crippen LogP contribution in [0.1, 0.15) is 12.5 Å². The van der Waals surface area contributed by atoms with Crippen molar-refractivity contribution in [1.82, 2.24) is 19.6 Å². The van der Waals surface area contributed by atoms with Crippen LogP contribution < -0.4 is 0 Å². The number of halogens is 2. The molecule has 1 fully saturated rings. The van der Waals surface area contributed by atoms with Gasteiger partial charge < -0.3 is 19.8 Å². The van der Waals surface area contributed by atoms with E-state index in [-0.39, 0.29) is 23.7 Å². The first-order chi connectivity index (χ1) is 13.3. The standard InChI is InChI=1S/C18H19ClFN5O3/c1-10-8-24-14-15(21-17(24)23(10)6-7-26)22(2)18(28)25(16(14)27)9-11-12(19)4-3-5-13(11)20/h3-5,8,14-15,26H,6-7,9H2,1-2H3. The molecule has 10 heteroatoms. The lowest BCUT2D eigenvalue weighted by atomic mass is 10.1. The number of guanidine groups is 1. The smallest absolute Gasteiger partial charge is 0.328 e. The monoisotopic (exact) mass is 407 g/mol. The van der Waals surface area contributed by atoms with E-state index in [4.69, 9.17) is 11.6 Å². The Morgan fingerprint density at radius 1 is 1.29 bits per heavy atom. The Morgan fingerprint density at radius 2 is 2.04 bits per heavy atom. The fraction of sp³-hybridized carbons (Fsp3) is 0.389. The van der Waals surface area contributed by atoms with Crippen molar-refractivity contribution in [2.75, 3.05) is 20.2 Å². The van der Waals surface area contributed by atoms with Crippen molar-refractivity contribution in [3.8, 4) is 0 Å². The van der Waals surface area contributed by atoms with Gasteiger partial charge in [0.05, 0.1) is 13.2 Å². The number of benzene rings is 1. The molecule has 1 aromatic carbocycles. The molecule has 3 aliphatic rings. The predicted molar refractivity (Wildman–Crippen MR) is 99.5 cm³/mol. The van der Waals surface area contributed by atoms with Crippen LogP contribution in [0.3, 0.4) is 0 Å². The van der Waals surface area contributed by atoms with Gasteiger partial charge in [-0.3, -0.25) is 9.69 Å². The van der Waals surface area contributed by atoms with Crippen molar-refractivity contribution in [1.29, 1.82) is 0 Å². The summed E-state index contributed by atoms with van der Waals surface area (Å²) < 4.78 is 14.2. The number of aliphatic hydroxyl groups is 1. The van der Waals surface area contributed by atoms with E-state index in [2.05, 4.69) is 4.99 Å². The van der Waals surface area contributed by atoms with E-state index in [1.54, 1.807) is 23.0 Å². The molecule has 1 N–H and O–H groups in total. The first-order valence-electron chi connectivity index (χ1n) is 8.79. The van der Waals surface area contributed by atoms with Crippen LogP contribution in [-0.2, 0) is 11.3 Å². The van der Waals surface area contributed by atoms with Crippen LogP contribution >= 0.6 is 11.6 Å². The maximum atomic E-state index is 14.2. The molecule has 1 saturated heterocycles. The highest BCUT2D eigenvalue weighted by Gasteiger charge is 2.54. The second kappa shape index (κ2) is 6.75. The van der Waals surface area contributed by atoms with Gasteiger partial charge in [0.1, 0.15) is 5.82 Å². The summed E-state index contributed by atoms with van der Waals surface area (Å²) in [5.41, 5.74) is 0.925. The third kappa shape index (κ3) is 2.65. The molecule has 1 aromatic rings. The molecule has 0 saturated carbocycles. The molecule has 0 aliphatic carbocycles. The van der Waals surface area contributed by atoms with E-state index in [0.29, 0.717) is 12.5 Å². The van der Waals surface area contributed by atoms with Gasteiger partial charge in [0.25, 0.3) is 5.91 Å². The van der Waals surface area contributed by atoms with Crippen molar-refractivity contribution in [2.24, 2.45) is 4.99 Å². The van der Waals surface area contributed by atoms with Crippen LogP contribution in [0.15, 0.2) is 35.1 Å². The number of likely N-dealkylation sites (N-methyl/N-ethyl adjacent to an activating group) is 1. The molecule has 0 bridgehead atoms. The fourth-order valence-corrected chi connectivity index (χ4v) is 3.99. The van der Waals surface area contributed by atoms with Gasteiger partial charge in [-0.25, -0.2) is 14.2 Å².